The summed E-state index contributed by atoms with van der Waals surface area (Å²) < 4.78 is 12.9. The fraction of sp³-hybridized carbons (Fsp3) is 0.593. The van der Waals surface area contributed by atoms with Crippen LogP contribution < -0.4 is 10.1 Å². The summed E-state index contributed by atoms with van der Waals surface area (Å²) in [7, 11) is 1.43. The predicted octanol–water partition coefficient (Wildman–Crippen LogP) is 1.96. The molecule has 190 valence electrons. The first kappa shape index (κ1) is 22.3. The molecule has 7 aliphatic rings. The van der Waals surface area contributed by atoms with Crippen molar-refractivity contribution in [2.24, 2.45) is 11.3 Å². The number of hydrogen-bond acceptors (Lipinski definition) is 6. The van der Waals surface area contributed by atoms with Gasteiger partial charge in [0.15, 0.2) is 5.54 Å². The molecule has 5 fully saturated rings. The zero-order valence-electron chi connectivity index (χ0n) is 21.2. The van der Waals surface area contributed by atoms with E-state index in [0.29, 0.717) is 42.0 Å². The number of fused-ring (bicyclic) bond motifs is 6. The van der Waals surface area contributed by atoms with Gasteiger partial charge in [0, 0.05) is 19.6 Å². The molecule has 2 N–H and O–H groups in total. The molecule has 36 heavy (non-hydrogen) atoms. The van der Waals surface area contributed by atoms with Crippen LogP contribution in [0.4, 0.5) is 5.69 Å². The summed E-state index contributed by atoms with van der Waals surface area (Å²) in [5, 5.41) is 29.9. The lowest BCUT2D eigenvalue weighted by Crippen LogP contribution is -2.90. The van der Waals surface area contributed by atoms with Crippen molar-refractivity contribution < 1.29 is 28.9 Å². The SMILES string of the molecule is COC1C2(O)C(=[N+]([O-])c3c2ccc2c3C=CC(C)(C)O2)C(C)(C)C2CC34CCCN3C(=O)C21NC4=O. The number of nitrogens with zero attached hydrogens (tertiary/aromatic N) is 2. The number of carbonyl (C=O) groups excluding carboxylic acids is 2. The van der Waals surface area contributed by atoms with E-state index < -0.39 is 39.7 Å². The van der Waals surface area contributed by atoms with Gasteiger partial charge in [-0.3, -0.25) is 9.59 Å². The minimum absolute atomic E-state index is 0.193. The zero-order valence-corrected chi connectivity index (χ0v) is 21.2. The first-order chi connectivity index (χ1) is 16.9. The van der Waals surface area contributed by atoms with Gasteiger partial charge in [-0.15, -0.1) is 0 Å². The van der Waals surface area contributed by atoms with Gasteiger partial charge in [0.05, 0.1) is 16.5 Å². The third-order valence-corrected chi connectivity index (χ3v) is 9.81. The lowest BCUT2D eigenvalue weighted by molar-refractivity contribution is -0.371. The summed E-state index contributed by atoms with van der Waals surface area (Å²) >= 11 is 0. The van der Waals surface area contributed by atoms with E-state index in [0.717, 1.165) is 11.2 Å². The summed E-state index contributed by atoms with van der Waals surface area (Å²) in [6.45, 7) is 8.17. The third-order valence-electron chi connectivity index (χ3n) is 9.81. The van der Waals surface area contributed by atoms with Crippen molar-refractivity contribution >= 4 is 29.3 Å². The summed E-state index contributed by atoms with van der Waals surface area (Å²) in [5.41, 5.74) is -4.30. The highest BCUT2D eigenvalue weighted by molar-refractivity contribution is 6.10. The number of carbonyl (C=O) groups is 2. The number of rotatable bonds is 1. The van der Waals surface area contributed by atoms with Crippen molar-refractivity contribution in [3.8, 4) is 5.75 Å². The Morgan fingerprint density at radius 3 is 2.72 bits per heavy atom. The summed E-state index contributed by atoms with van der Waals surface area (Å²) in [5.74, 6) is -0.298. The molecule has 2 amide bonds. The molecule has 2 spiro atoms. The number of amides is 2. The average molecular weight is 494 g/mol. The largest absolute Gasteiger partial charge is 0.618 e. The Morgan fingerprint density at radius 1 is 1.25 bits per heavy atom. The summed E-state index contributed by atoms with van der Waals surface area (Å²) in [4.78, 5) is 29.5. The van der Waals surface area contributed by atoms with Crippen LogP contribution in [-0.2, 0) is 19.9 Å². The third kappa shape index (κ3) is 2.09. The van der Waals surface area contributed by atoms with E-state index in [4.69, 9.17) is 9.47 Å². The summed E-state index contributed by atoms with van der Waals surface area (Å²) in [6.07, 6.45) is 4.32. The van der Waals surface area contributed by atoms with Crippen molar-refractivity contribution in [3.63, 3.8) is 0 Å². The Balaban J connectivity index is 1.52. The fourth-order valence-electron chi connectivity index (χ4n) is 8.45. The molecular formula is C27H31N3O6. The number of aliphatic hydroxyl groups is 1. The Labute approximate surface area is 209 Å². The number of piperazine rings is 1. The highest BCUT2D eigenvalue weighted by Gasteiger charge is 2.83. The highest BCUT2D eigenvalue weighted by Crippen LogP contribution is 2.65. The van der Waals surface area contributed by atoms with E-state index >= 15 is 0 Å². The standard InChI is InChI=1S/C27H31N3O6/c1-23(2)11-9-14-16(36-23)8-7-15-18(14)30(34)19-24(3,4)17-13-25-10-6-12-29(25)22(32)26(17,28-21(25)31)20(35-5)27(15,19)33/h7-9,11,17,20,33H,6,10,12-13H2,1-5H3,(H,28,31). The van der Waals surface area contributed by atoms with Crippen LogP contribution in [-0.4, -0.2) is 68.7 Å². The second-order valence-electron chi connectivity index (χ2n) is 12.3. The lowest BCUT2D eigenvalue weighted by atomic mass is 9.46. The van der Waals surface area contributed by atoms with Crippen LogP contribution in [0.3, 0.4) is 0 Å². The molecule has 2 bridgehead atoms. The van der Waals surface area contributed by atoms with Crippen molar-refractivity contribution in [1.82, 2.24) is 10.2 Å². The molecule has 1 aliphatic carbocycles. The maximum absolute atomic E-state index is 14.2. The van der Waals surface area contributed by atoms with E-state index in [1.807, 2.05) is 39.8 Å². The first-order valence-electron chi connectivity index (χ1n) is 12.7. The molecule has 8 rings (SSSR count). The van der Waals surface area contributed by atoms with Crippen LogP contribution >= 0.6 is 0 Å². The van der Waals surface area contributed by atoms with Gasteiger partial charge in [-0.05, 0) is 71.2 Å². The molecule has 9 heteroatoms. The van der Waals surface area contributed by atoms with Gasteiger partial charge in [-0.1, -0.05) is 0 Å². The van der Waals surface area contributed by atoms with Crippen LogP contribution in [0.15, 0.2) is 18.2 Å². The molecule has 1 aromatic carbocycles. The molecule has 0 radical (unpaired) electrons. The maximum Gasteiger partial charge on any atom is 0.252 e. The van der Waals surface area contributed by atoms with Crippen LogP contribution in [0.5, 0.6) is 5.75 Å². The van der Waals surface area contributed by atoms with E-state index in [2.05, 4.69) is 5.32 Å². The van der Waals surface area contributed by atoms with Gasteiger partial charge in [-0.2, -0.15) is 4.74 Å². The van der Waals surface area contributed by atoms with Crippen molar-refractivity contribution in [1.29, 1.82) is 0 Å². The number of ether oxygens (including phenoxy) is 2. The molecule has 0 aromatic heterocycles. The van der Waals surface area contributed by atoms with Crippen molar-refractivity contribution in [2.75, 3.05) is 13.7 Å². The molecule has 1 saturated carbocycles. The smallest absolute Gasteiger partial charge is 0.252 e. The number of nitrogens with one attached hydrogen (secondary N) is 1. The fourth-order valence-corrected chi connectivity index (χ4v) is 8.45. The second kappa shape index (κ2) is 6.14. The summed E-state index contributed by atoms with van der Waals surface area (Å²) in [6, 6.07) is 3.45. The van der Waals surface area contributed by atoms with E-state index in [1.165, 1.54) is 7.11 Å². The Hall–Kier alpha value is -2.91. The van der Waals surface area contributed by atoms with Gasteiger partial charge in [0.2, 0.25) is 22.9 Å². The Bertz CT molecular complexity index is 1350. The van der Waals surface area contributed by atoms with Crippen LogP contribution in [0.2, 0.25) is 0 Å². The number of hydrogen-bond donors (Lipinski definition) is 2. The van der Waals surface area contributed by atoms with Gasteiger partial charge in [-0.25, -0.2) is 0 Å². The topological polar surface area (TPSA) is 114 Å². The van der Waals surface area contributed by atoms with Gasteiger partial charge >= 0.3 is 0 Å². The van der Waals surface area contributed by atoms with E-state index in [-0.39, 0.29) is 17.5 Å². The normalized spacial score (nSPS) is 40.2. The van der Waals surface area contributed by atoms with Gasteiger partial charge in [0.1, 0.15) is 23.0 Å². The van der Waals surface area contributed by atoms with Crippen LogP contribution in [0.25, 0.3) is 6.08 Å². The zero-order chi connectivity index (χ0) is 25.6. The molecule has 1 aromatic rings. The predicted molar refractivity (Wildman–Crippen MR) is 130 cm³/mol. The van der Waals surface area contributed by atoms with Crippen LogP contribution in [0, 0.1) is 16.5 Å². The average Bonchev–Trinajstić information content (AvgIpc) is 3.33. The van der Waals surface area contributed by atoms with Crippen molar-refractivity contribution in [2.45, 2.75) is 75.3 Å². The molecule has 6 heterocycles. The maximum atomic E-state index is 14.2. The quantitative estimate of drug-likeness (QED) is 0.457. The molecule has 5 unspecified atom stereocenters. The molecule has 6 aliphatic heterocycles. The second-order valence-corrected chi connectivity index (χ2v) is 12.3. The van der Waals surface area contributed by atoms with E-state index in [9.17, 15) is 19.9 Å². The van der Waals surface area contributed by atoms with Gasteiger partial charge < -0.3 is 30.0 Å². The minimum atomic E-state index is -1.93. The molecule has 9 nitrogen and oxygen atoms in total. The molecule has 4 saturated heterocycles. The Kier molecular flexibility index (Phi) is 3.80. The lowest BCUT2D eigenvalue weighted by Gasteiger charge is -2.67. The highest BCUT2D eigenvalue weighted by atomic mass is 16.5. The molecule has 5 atom stereocenters. The van der Waals surface area contributed by atoms with Gasteiger partial charge in [0.25, 0.3) is 5.91 Å². The Morgan fingerprint density at radius 2 is 2.00 bits per heavy atom. The number of piperidine rings is 2. The molecular weight excluding hydrogens is 462 g/mol. The number of methoxy groups -OCH3 is 1. The number of benzene rings is 1. The van der Waals surface area contributed by atoms with E-state index in [1.54, 1.807) is 17.0 Å². The minimum Gasteiger partial charge on any atom is -0.618 e. The van der Waals surface area contributed by atoms with Crippen molar-refractivity contribution in [3.05, 3.63) is 34.5 Å². The van der Waals surface area contributed by atoms with Crippen LogP contribution in [0.1, 0.15) is 58.1 Å². The first-order valence-corrected chi connectivity index (χ1v) is 12.7. The monoisotopic (exact) mass is 493 g/mol.